The van der Waals surface area contributed by atoms with Gasteiger partial charge in [0, 0.05) is 11.8 Å². The van der Waals surface area contributed by atoms with Gasteiger partial charge in [0.1, 0.15) is 5.82 Å². The molecule has 2 aromatic rings. The number of hydrogen-bond acceptors (Lipinski definition) is 3. The Morgan fingerprint density at radius 1 is 1.24 bits per heavy atom. The van der Waals surface area contributed by atoms with E-state index in [2.05, 4.69) is 10.3 Å². The predicted molar refractivity (Wildman–Crippen MR) is 63.0 cm³/mol. The Bertz CT molecular complexity index is 540. The molecule has 1 amide bonds. The van der Waals surface area contributed by atoms with Crippen LogP contribution in [0, 0.1) is 5.82 Å². The molecule has 0 saturated carbocycles. The van der Waals surface area contributed by atoms with Crippen LogP contribution >= 0.6 is 0 Å². The monoisotopic (exact) mass is 231 g/mol. The molecule has 17 heavy (non-hydrogen) atoms. The van der Waals surface area contributed by atoms with Crippen molar-refractivity contribution in [1.82, 2.24) is 4.98 Å². The Morgan fingerprint density at radius 2 is 1.94 bits per heavy atom. The van der Waals surface area contributed by atoms with E-state index in [1.54, 1.807) is 12.1 Å². The average molecular weight is 231 g/mol. The molecule has 0 aliphatic rings. The van der Waals surface area contributed by atoms with Gasteiger partial charge < -0.3 is 11.1 Å². The van der Waals surface area contributed by atoms with Crippen LogP contribution < -0.4 is 11.1 Å². The Kier molecular flexibility index (Phi) is 3.00. The van der Waals surface area contributed by atoms with Gasteiger partial charge in [0.2, 0.25) is 0 Å². The normalized spacial score (nSPS) is 9.94. The highest BCUT2D eigenvalue weighted by atomic mass is 19.1. The molecule has 0 fully saturated rings. The van der Waals surface area contributed by atoms with Crippen molar-refractivity contribution in [1.29, 1.82) is 0 Å². The van der Waals surface area contributed by atoms with Crippen LogP contribution in [0.25, 0.3) is 0 Å². The zero-order chi connectivity index (χ0) is 12.3. The number of halogens is 1. The second-order valence-electron chi connectivity index (χ2n) is 3.40. The molecule has 0 aliphatic carbocycles. The largest absolute Gasteiger partial charge is 0.396 e. The number of amides is 1. The van der Waals surface area contributed by atoms with E-state index in [0.29, 0.717) is 17.1 Å². The third-order valence-electron chi connectivity index (χ3n) is 2.18. The van der Waals surface area contributed by atoms with Crippen molar-refractivity contribution in [2.45, 2.75) is 0 Å². The molecule has 2 rings (SSSR count). The Morgan fingerprint density at radius 3 is 2.59 bits per heavy atom. The summed E-state index contributed by atoms with van der Waals surface area (Å²) in [5, 5.41) is 2.55. The number of rotatable bonds is 2. The second-order valence-corrected chi connectivity index (χ2v) is 3.40. The summed E-state index contributed by atoms with van der Waals surface area (Å²) in [6, 6.07) is 8.52. The number of nitrogen functional groups attached to an aromatic ring is 1. The predicted octanol–water partition coefficient (Wildman–Crippen LogP) is 2.06. The van der Waals surface area contributed by atoms with Gasteiger partial charge in [-0.3, -0.25) is 4.79 Å². The number of benzene rings is 1. The van der Waals surface area contributed by atoms with E-state index in [0.717, 1.165) is 0 Å². The molecule has 0 aliphatic heterocycles. The molecule has 4 nitrogen and oxygen atoms in total. The van der Waals surface area contributed by atoms with E-state index in [4.69, 9.17) is 5.73 Å². The number of nitrogens with two attached hydrogens (primary N) is 1. The smallest absolute Gasteiger partial charge is 0.256 e. The maximum atomic E-state index is 12.7. The average Bonchev–Trinajstić information content (AvgIpc) is 2.33. The third kappa shape index (κ3) is 2.57. The van der Waals surface area contributed by atoms with Gasteiger partial charge in [-0.2, -0.15) is 0 Å². The van der Waals surface area contributed by atoms with E-state index >= 15 is 0 Å². The van der Waals surface area contributed by atoms with Crippen molar-refractivity contribution in [2.75, 3.05) is 11.1 Å². The second kappa shape index (κ2) is 4.61. The summed E-state index contributed by atoms with van der Waals surface area (Å²) in [5.74, 6) is -0.476. The molecule has 0 radical (unpaired) electrons. The maximum Gasteiger partial charge on any atom is 0.256 e. The quantitative estimate of drug-likeness (QED) is 0.831. The van der Waals surface area contributed by atoms with E-state index in [-0.39, 0.29) is 11.7 Å². The highest BCUT2D eigenvalue weighted by molar-refractivity contribution is 6.04. The molecular weight excluding hydrogens is 221 g/mol. The van der Waals surface area contributed by atoms with Gasteiger partial charge in [0.15, 0.2) is 5.82 Å². The van der Waals surface area contributed by atoms with Crippen LogP contribution in [0.15, 0.2) is 42.6 Å². The topological polar surface area (TPSA) is 68.0 Å². The standard InChI is InChI=1S/C12H10FN3O/c13-9-5-3-8(4-6-9)12(17)16-11-10(14)2-1-7-15-11/h1-7H,14H2,(H,15,16,17). The van der Waals surface area contributed by atoms with E-state index in [1.807, 2.05) is 0 Å². The lowest BCUT2D eigenvalue weighted by Crippen LogP contribution is -2.14. The van der Waals surface area contributed by atoms with Crippen LogP contribution in [0.5, 0.6) is 0 Å². The SMILES string of the molecule is Nc1cccnc1NC(=O)c1ccc(F)cc1. The van der Waals surface area contributed by atoms with Crippen LogP contribution in [0.2, 0.25) is 0 Å². The first-order valence-electron chi connectivity index (χ1n) is 4.94. The van der Waals surface area contributed by atoms with Crippen LogP contribution in [0.1, 0.15) is 10.4 Å². The number of pyridine rings is 1. The van der Waals surface area contributed by atoms with Crippen molar-refractivity contribution < 1.29 is 9.18 Å². The molecular formula is C12H10FN3O. The number of aromatic nitrogens is 1. The van der Waals surface area contributed by atoms with Crippen molar-refractivity contribution in [3.8, 4) is 0 Å². The minimum atomic E-state index is -0.390. The summed E-state index contributed by atoms with van der Waals surface area (Å²) in [6.45, 7) is 0. The van der Waals surface area contributed by atoms with Gasteiger partial charge in [0.05, 0.1) is 5.69 Å². The first kappa shape index (κ1) is 11.1. The molecule has 0 spiro atoms. The fourth-order valence-electron chi connectivity index (χ4n) is 1.30. The molecule has 0 bridgehead atoms. The van der Waals surface area contributed by atoms with Crippen molar-refractivity contribution in [3.05, 3.63) is 54.0 Å². The summed E-state index contributed by atoms with van der Waals surface area (Å²) in [5.41, 5.74) is 6.36. The van der Waals surface area contributed by atoms with Gasteiger partial charge in [-0.15, -0.1) is 0 Å². The molecule has 1 aromatic carbocycles. The first-order valence-corrected chi connectivity index (χ1v) is 4.94. The van der Waals surface area contributed by atoms with Crippen molar-refractivity contribution in [3.63, 3.8) is 0 Å². The molecule has 5 heteroatoms. The number of anilines is 2. The fraction of sp³-hybridized carbons (Fsp3) is 0. The van der Waals surface area contributed by atoms with Crippen molar-refractivity contribution in [2.24, 2.45) is 0 Å². The lowest BCUT2D eigenvalue weighted by Gasteiger charge is -2.06. The Hall–Kier alpha value is -2.43. The minimum absolute atomic E-state index is 0.293. The van der Waals surface area contributed by atoms with Crippen LogP contribution in [-0.2, 0) is 0 Å². The molecule has 0 unspecified atom stereocenters. The van der Waals surface area contributed by atoms with Gasteiger partial charge >= 0.3 is 0 Å². The first-order chi connectivity index (χ1) is 8.16. The van der Waals surface area contributed by atoms with E-state index in [9.17, 15) is 9.18 Å². The van der Waals surface area contributed by atoms with Gasteiger partial charge in [-0.05, 0) is 36.4 Å². The Balaban J connectivity index is 2.17. The van der Waals surface area contributed by atoms with Crippen LogP contribution in [-0.4, -0.2) is 10.9 Å². The zero-order valence-electron chi connectivity index (χ0n) is 8.85. The fourth-order valence-corrected chi connectivity index (χ4v) is 1.30. The lowest BCUT2D eigenvalue weighted by atomic mass is 10.2. The summed E-state index contributed by atoms with van der Waals surface area (Å²) in [4.78, 5) is 15.7. The molecule has 1 aromatic heterocycles. The molecule has 86 valence electrons. The van der Waals surface area contributed by atoms with Crippen LogP contribution in [0.4, 0.5) is 15.9 Å². The number of nitrogens with one attached hydrogen (secondary N) is 1. The number of nitrogens with zero attached hydrogens (tertiary/aromatic N) is 1. The summed E-state index contributed by atoms with van der Waals surface area (Å²) in [6.07, 6.45) is 1.52. The van der Waals surface area contributed by atoms with E-state index < -0.39 is 0 Å². The van der Waals surface area contributed by atoms with Gasteiger partial charge in [0.25, 0.3) is 5.91 Å². The minimum Gasteiger partial charge on any atom is -0.396 e. The number of hydrogen-bond donors (Lipinski definition) is 2. The Labute approximate surface area is 97.3 Å². The zero-order valence-corrected chi connectivity index (χ0v) is 8.85. The molecule has 0 atom stereocenters. The number of carbonyl (C=O) groups is 1. The molecule has 3 N–H and O–H groups in total. The highest BCUT2D eigenvalue weighted by Gasteiger charge is 2.08. The van der Waals surface area contributed by atoms with E-state index in [1.165, 1.54) is 30.5 Å². The van der Waals surface area contributed by atoms with Crippen LogP contribution in [0.3, 0.4) is 0 Å². The maximum absolute atomic E-state index is 12.7. The lowest BCUT2D eigenvalue weighted by molar-refractivity contribution is 0.102. The molecule has 1 heterocycles. The van der Waals surface area contributed by atoms with Gasteiger partial charge in [-0.1, -0.05) is 0 Å². The third-order valence-corrected chi connectivity index (χ3v) is 2.18. The number of carbonyl (C=O) groups excluding carboxylic acids is 1. The molecule has 0 saturated heterocycles. The summed E-state index contributed by atoms with van der Waals surface area (Å²) < 4.78 is 12.7. The summed E-state index contributed by atoms with van der Waals surface area (Å²) >= 11 is 0. The van der Waals surface area contributed by atoms with Crippen molar-refractivity contribution >= 4 is 17.4 Å². The highest BCUT2D eigenvalue weighted by Crippen LogP contribution is 2.14. The van der Waals surface area contributed by atoms with Gasteiger partial charge in [-0.25, -0.2) is 9.37 Å². The summed E-state index contributed by atoms with van der Waals surface area (Å²) in [7, 11) is 0.